The molecule has 0 unspecified atom stereocenters. The number of benzene rings is 1. The lowest BCUT2D eigenvalue weighted by Crippen LogP contribution is -2.50. The van der Waals surface area contributed by atoms with Crippen molar-refractivity contribution < 1.29 is 14.3 Å². The van der Waals surface area contributed by atoms with E-state index in [9.17, 15) is 9.59 Å². The summed E-state index contributed by atoms with van der Waals surface area (Å²) in [5.74, 6) is 0.608. The molecule has 0 aliphatic carbocycles. The van der Waals surface area contributed by atoms with E-state index in [1.807, 2.05) is 52.0 Å². The number of carbonyl (C=O) groups is 2. The third-order valence-electron chi connectivity index (χ3n) is 3.61. The molecule has 5 nitrogen and oxygen atoms in total. The molecule has 0 fully saturated rings. The van der Waals surface area contributed by atoms with Gasteiger partial charge in [-0.05, 0) is 38.0 Å². The predicted molar refractivity (Wildman–Crippen MR) is 91.2 cm³/mol. The smallest absolute Gasteiger partial charge is 0.243 e. The van der Waals surface area contributed by atoms with E-state index in [4.69, 9.17) is 4.74 Å². The first-order valence-corrected chi connectivity index (χ1v) is 8.15. The Bertz CT molecular complexity index is 529. The standard InChI is InChI=1S/C18H28N2O3/c1-6-16(18(22)19-13(3)4)20(17(21)7-2)12-14-9-8-10-15(11-14)23-5/h8-11,13,16H,6-7,12H2,1-5H3,(H,19,22)/t16-/m1/s1. The summed E-state index contributed by atoms with van der Waals surface area (Å²) in [5.41, 5.74) is 0.946. The van der Waals surface area contributed by atoms with Crippen molar-refractivity contribution >= 4 is 11.8 Å². The van der Waals surface area contributed by atoms with Gasteiger partial charge in [0.15, 0.2) is 0 Å². The lowest BCUT2D eigenvalue weighted by molar-refractivity contribution is -0.141. The Morgan fingerprint density at radius 3 is 2.48 bits per heavy atom. The Morgan fingerprint density at radius 1 is 1.26 bits per heavy atom. The molecule has 1 rings (SSSR count). The maximum atomic E-state index is 12.4. The fourth-order valence-electron chi connectivity index (χ4n) is 2.47. The number of hydrogen-bond donors (Lipinski definition) is 1. The van der Waals surface area contributed by atoms with E-state index >= 15 is 0 Å². The van der Waals surface area contributed by atoms with Crippen molar-refractivity contribution in [2.45, 2.75) is 59.2 Å². The highest BCUT2D eigenvalue weighted by Crippen LogP contribution is 2.17. The van der Waals surface area contributed by atoms with Crippen molar-refractivity contribution in [2.24, 2.45) is 0 Å². The van der Waals surface area contributed by atoms with Crippen LogP contribution in [0.15, 0.2) is 24.3 Å². The molecule has 0 aromatic heterocycles. The molecule has 0 saturated heterocycles. The number of ether oxygens (including phenoxy) is 1. The quantitative estimate of drug-likeness (QED) is 0.801. The maximum absolute atomic E-state index is 12.4. The minimum atomic E-state index is -0.462. The summed E-state index contributed by atoms with van der Waals surface area (Å²) >= 11 is 0. The molecule has 0 bridgehead atoms. The van der Waals surface area contributed by atoms with Crippen LogP contribution in [0.1, 0.15) is 46.1 Å². The molecule has 0 aliphatic heterocycles. The van der Waals surface area contributed by atoms with Gasteiger partial charge < -0.3 is 15.0 Å². The second-order valence-corrected chi connectivity index (χ2v) is 5.81. The second kappa shape index (κ2) is 9.18. The van der Waals surface area contributed by atoms with Gasteiger partial charge in [-0.15, -0.1) is 0 Å². The average Bonchev–Trinajstić information content (AvgIpc) is 2.53. The molecular weight excluding hydrogens is 292 g/mol. The molecule has 0 radical (unpaired) electrons. The zero-order valence-electron chi connectivity index (χ0n) is 14.8. The molecule has 23 heavy (non-hydrogen) atoms. The normalized spacial score (nSPS) is 11.9. The number of nitrogens with zero attached hydrogens (tertiary/aromatic N) is 1. The van der Waals surface area contributed by atoms with Crippen molar-refractivity contribution in [2.75, 3.05) is 7.11 Å². The van der Waals surface area contributed by atoms with E-state index in [0.717, 1.165) is 11.3 Å². The average molecular weight is 320 g/mol. The van der Waals surface area contributed by atoms with Gasteiger partial charge in [-0.2, -0.15) is 0 Å². The van der Waals surface area contributed by atoms with Crippen LogP contribution in [0.3, 0.4) is 0 Å². The maximum Gasteiger partial charge on any atom is 0.243 e. The second-order valence-electron chi connectivity index (χ2n) is 5.81. The van der Waals surface area contributed by atoms with Gasteiger partial charge in [0.2, 0.25) is 11.8 Å². The molecule has 128 valence electrons. The van der Waals surface area contributed by atoms with Crippen molar-refractivity contribution in [3.8, 4) is 5.75 Å². The molecule has 0 saturated carbocycles. The largest absolute Gasteiger partial charge is 0.497 e. The summed E-state index contributed by atoms with van der Waals surface area (Å²) in [6, 6.07) is 7.16. The lowest BCUT2D eigenvalue weighted by atomic mass is 10.1. The molecule has 5 heteroatoms. The molecule has 0 spiro atoms. The van der Waals surface area contributed by atoms with E-state index < -0.39 is 6.04 Å². The summed E-state index contributed by atoms with van der Waals surface area (Å²) in [6.45, 7) is 7.96. The third-order valence-corrected chi connectivity index (χ3v) is 3.61. The zero-order chi connectivity index (χ0) is 17.4. The van der Waals surface area contributed by atoms with Gasteiger partial charge in [0.1, 0.15) is 11.8 Å². The van der Waals surface area contributed by atoms with Crippen LogP contribution in [-0.4, -0.2) is 35.9 Å². The molecular formula is C18H28N2O3. The highest BCUT2D eigenvalue weighted by Gasteiger charge is 2.28. The van der Waals surface area contributed by atoms with Crippen LogP contribution in [0.2, 0.25) is 0 Å². The summed E-state index contributed by atoms with van der Waals surface area (Å²) in [6.07, 6.45) is 0.948. The highest BCUT2D eigenvalue weighted by molar-refractivity contribution is 5.87. The number of methoxy groups -OCH3 is 1. The van der Waals surface area contributed by atoms with Crippen molar-refractivity contribution in [1.82, 2.24) is 10.2 Å². The molecule has 1 aromatic carbocycles. The van der Waals surface area contributed by atoms with Crippen LogP contribution in [0.5, 0.6) is 5.75 Å². The number of carbonyl (C=O) groups excluding carboxylic acids is 2. The van der Waals surface area contributed by atoms with E-state index in [1.165, 1.54) is 0 Å². The van der Waals surface area contributed by atoms with E-state index in [1.54, 1.807) is 12.0 Å². The van der Waals surface area contributed by atoms with Crippen LogP contribution in [-0.2, 0) is 16.1 Å². The Hall–Kier alpha value is -2.04. The summed E-state index contributed by atoms with van der Waals surface area (Å²) in [4.78, 5) is 26.5. The number of amides is 2. The van der Waals surface area contributed by atoms with Crippen molar-refractivity contribution in [1.29, 1.82) is 0 Å². The minimum Gasteiger partial charge on any atom is -0.497 e. The molecule has 1 atom stereocenters. The Morgan fingerprint density at radius 2 is 1.96 bits per heavy atom. The Balaban J connectivity index is 3.02. The monoisotopic (exact) mass is 320 g/mol. The van der Waals surface area contributed by atoms with E-state index in [0.29, 0.717) is 19.4 Å². The van der Waals surface area contributed by atoms with Crippen molar-refractivity contribution in [3.63, 3.8) is 0 Å². The van der Waals surface area contributed by atoms with Crippen molar-refractivity contribution in [3.05, 3.63) is 29.8 Å². The molecule has 0 aliphatic rings. The SMILES string of the molecule is CCC(=O)N(Cc1cccc(OC)c1)[C@H](CC)C(=O)NC(C)C. The van der Waals surface area contributed by atoms with Gasteiger partial charge >= 0.3 is 0 Å². The minimum absolute atomic E-state index is 0.0291. The van der Waals surface area contributed by atoms with Crippen LogP contribution < -0.4 is 10.1 Å². The number of rotatable bonds is 8. The van der Waals surface area contributed by atoms with Gasteiger partial charge in [-0.3, -0.25) is 9.59 Å². The first kappa shape index (κ1) is 19.0. The third kappa shape index (κ3) is 5.58. The molecule has 1 N–H and O–H groups in total. The van der Waals surface area contributed by atoms with E-state index in [-0.39, 0.29) is 17.9 Å². The van der Waals surface area contributed by atoms with Crippen LogP contribution >= 0.6 is 0 Å². The van der Waals surface area contributed by atoms with Gasteiger partial charge in [-0.1, -0.05) is 26.0 Å². The van der Waals surface area contributed by atoms with Gasteiger partial charge in [0.05, 0.1) is 7.11 Å². The van der Waals surface area contributed by atoms with Gasteiger partial charge in [-0.25, -0.2) is 0 Å². The first-order valence-electron chi connectivity index (χ1n) is 8.15. The molecule has 1 aromatic rings. The van der Waals surface area contributed by atoms with E-state index in [2.05, 4.69) is 5.32 Å². The fourth-order valence-corrected chi connectivity index (χ4v) is 2.47. The summed E-state index contributed by atoms with van der Waals surface area (Å²) in [7, 11) is 1.61. The summed E-state index contributed by atoms with van der Waals surface area (Å²) < 4.78 is 5.23. The van der Waals surface area contributed by atoms with Gasteiger partial charge in [0, 0.05) is 19.0 Å². The van der Waals surface area contributed by atoms with Gasteiger partial charge in [0.25, 0.3) is 0 Å². The summed E-state index contributed by atoms with van der Waals surface area (Å²) in [5, 5.41) is 2.90. The highest BCUT2D eigenvalue weighted by atomic mass is 16.5. The lowest BCUT2D eigenvalue weighted by Gasteiger charge is -2.31. The number of nitrogens with one attached hydrogen (secondary N) is 1. The van der Waals surface area contributed by atoms with Crippen LogP contribution in [0.4, 0.5) is 0 Å². The topological polar surface area (TPSA) is 58.6 Å². The zero-order valence-corrected chi connectivity index (χ0v) is 14.8. The molecule has 0 heterocycles. The van der Waals surface area contributed by atoms with Crippen LogP contribution in [0, 0.1) is 0 Å². The Kier molecular flexibility index (Phi) is 7.59. The number of hydrogen-bond acceptors (Lipinski definition) is 3. The Labute approximate surface area is 139 Å². The predicted octanol–water partition coefficient (Wildman–Crippen LogP) is 2.74. The fraction of sp³-hybridized carbons (Fsp3) is 0.556. The molecule has 2 amide bonds. The van der Waals surface area contributed by atoms with Crippen LogP contribution in [0.25, 0.3) is 0 Å². The first-order chi connectivity index (χ1) is 10.9.